The average Bonchev–Trinajstić information content (AvgIpc) is 2.89. The number of nitrogens with zero attached hydrogens (tertiary/aromatic N) is 3. The number of nitrogens with one attached hydrogen (secondary N) is 2. The summed E-state index contributed by atoms with van der Waals surface area (Å²) in [5.74, 6) is 2.94. The van der Waals surface area contributed by atoms with Crippen molar-refractivity contribution in [1.82, 2.24) is 20.4 Å². The number of aliphatic imine (C=N–C) groups is 1. The van der Waals surface area contributed by atoms with E-state index >= 15 is 0 Å². The predicted octanol–water partition coefficient (Wildman–Crippen LogP) is 3.76. The first-order chi connectivity index (χ1) is 13.4. The van der Waals surface area contributed by atoms with Crippen LogP contribution in [0, 0.1) is 20.8 Å². The Hall–Kier alpha value is -1.95. The maximum Gasteiger partial charge on any atom is 0.191 e. The molecule has 1 unspecified atom stereocenters. The molecule has 154 valence electrons. The van der Waals surface area contributed by atoms with E-state index in [0.717, 1.165) is 42.7 Å². The van der Waals surface area contributed by atoms with Gasteiger partial charge in [-0.25, -0.2) is 0 Å². The Kier molecular flexibility index (Phi) is 8.90. The van der Waals surface area contributed by atoms with Crippen LogP contribution in [0.1, 0.15) is 41.9 Å². The maximum absolute atomic E-state index is 4.74. The largest absolute Gasteiger partial charge is 0.357 e. The third kappa shape index (κ3) is 6.89. The second-order valence-corrected chi connectivity index (χ2v) is 8.43. The molecule has 0 spiro atoms. The molecule has 0 bridgehead atoms. The predicted molar refractivity (Wildman–Crippen MR) is 122 cm³/mol. The molecule has 1 aromatic carbocycles. The number of aryl methyl sites for hydroxylation is 3. The van der Waals surface area contributed by atoms with Crippen molar-refractivity contribution in [2.75, 3.05) is 18.8 Å². The van der Waals surface area contributed by atoms with Crippen LogP contribution < -0.4 is 10.6 Å². The zero-order valence-corrected chi connectivity index (χ0v) is 19.0. The Bertz CT molecular complexity index is 764. The number of aromatic nitrogens is 2. The molecule has 1 aromatic heterocycles. The Morgan fingerprint density at radius 1 is 1.21 bits per heavy atom. The van der Waals surface area contributed by atoms with E-state index in [-0.39, 0.29) is 0 Å². The molecule has 28 heavy (non-hydrogen) atoms. The summed E-state index contributed by atoms with van der Waals surface area (Å²) in [6, 6.07) is 9.06. The van der Waals surface area contributed by atoms with Crippen LogP contribution >= 0.6 is 11.8 Å². The number of guanidine groups is 1. The second-order valence-electron chi connectivity index (χ2n) is 7.32. The number of hydrogen-bond acceptors (Lipinski definition) is 3. The summed E-state index contributed by atoms with van der Waals surface area (Å²) in [6.07, 6.45) is 0.943. The van der Waals surface area contributed by atoms with E-state index in [1.807, 2.05) is 23.5 Å². The molecule has 0 aliphatic carbocycles. The maximum atomic E-state index is 4.74. The summed E-state index contributed by atoms with van der Waals surface area (Å²) in [5.41, 5.74) is 6.36. The summed E-state index contributed by atoms with van der Waals surface area (Å²) < 4.78 is 1.96. The Morgan fingerprint density at radius 2 is 1.93 bits per heavy atom. The number of hydrogen-bond donors (Lipinski definition) is 2. The molecule has 2 aromatic rings. The first-order valence-corrected chi connectivity index (χ1v) is 11.2. The molecule has 0 aliphatic rings. The zero-order chi connectivity index (χ0) is 20.5. The van der Waals surface area contributed by atoms with Crippen LogP contribution in [0.15, 0.2) is 29.3 Å². The van der Waals surface area contributed by atoms with E-state index in [1.54, 1.807) is 0 Å². The van der Waals surface area contributed by atoms with Crippen LogP contribution in [-0.4, -0.2) is 40.6 Å². The molecule has 0 radical (unpaired) electrons. The van der Waals surface area contributed by atoms with Crippen molar-refractivity contribution in [3.8, 4) is 0 Å². The van der Waals surface area contributed by atoms with E-state index in [0.29, 0.717) is 6.04 Å². The van der Waals surface area contributed by atoms with E-state index < -0.39 is 0 Å². The quantitative estimate of drug-likeness (QED) is 0.382. The fourth-order valence-electron chi connectivity index (χ4n) is 3.12. The summed E-state index contributed by atoms with van der Waals surface area (Å²) >= 11 is 1.93. The first kappa shape index (κ1) is 22.3. The lowest BCUT2D eigenvalue weighted by molar-refractivity contribution is 0.636. The first-order valence-electron chi connectivity index (χ1n) is 10.1. The third-order valence-electron chi connectivity index (χ3n) is 4.79. The molecular weight excluding hydrogens is 366 g/mol. The molecular formula is C22H35N5S. The monoisotopic (exact) mass is 401 g/mol. The number of thioether (sulfide) groups is 1. The topological polar surface area (TPSA) is 54.2 Å². The van der Waals surface area contributed by atoms with Crippen molar-refractivity contribution in [2.45, 2.75) is 52.8 Å². The van der Waals surface area contributed by atoms with Gasteiger partial charge < -0.3 is 10.6 Å². The van der Waals surface area contributed by atoms with Crippen LogP contribution in [0.4, 0.5) is 0 Å². The second kappa shape index (κ2) is 11.1. The molecule has 0 amide bonds. The molecule has 2 rings (SSSR count). The lowest BCUT2D eigenvalue weighted by Crippen LogP contribution is -2.43. The summed E-state index contributed by atoms with van der Waals surface area (Å²) in [4.78, 5) is 4.74. The molecule has 0 aliphatic heterocycles. The van der Waals surface area contributed by atoms with Gasteiger partial charge in [0.1, 0.15) is 0 Å². The van der Waals surface area contributed by atoms with Crippen molar-refractivity contribution < 1.29 is 0 Å². The van der Waals surface area contributed by atoms with E-state index in [4.69, 9.17) is 4.99 Å². The molecule has 6 heteroatoms. The molecule has 1 atom stereocenters. The SMILES string of the molecule is CCNC(=NCCSCc1ccc(C)cc1)NC(C)Cc1c(C)nn(C)c1C. The Balaban J connectivity index is 1.81. The van der Waals surface area contributed by atoms with Crippen molar-refractivity contribution in [3.05, 3.63) is 52.3 Å². The number of rotatable bonds is 9. The minimum absolute atomic E-state index is 0.291. The minimum atomic E-state index is 0.291. The van der Waals surface area contributed by atoms with Crippen LogP contribution in [0.5, 0.6) is 0 Å². The van der Waals surface area contributed by atoms with Gasteiger partial charge in [0.15, 0.2) is 5.96 Å². The fourth-order valence-corrected chi connectivity index (χ4v) is 3.91. The van der Waals surface area contributed by atoms with Gasteiger partial charge in [-0.3, -0.25) is 9.67 Å². The van der Waals surface area contributed by atoms with Crippen LogP contribution in [-0.2, 0) is 19.2 Å². The highest BCUT2D eigenvalue weighted by Crippen LogP contribution is 2.14. The highest BCUT2D eigenvalue weighted by Gasteiger charge is 2.13. The van der Waals surface area contributed by atoms with Gasteiger partial charge in [0.05, 0.1) is 12.2 Å². The minimum Gasteiger partial charge on any atom is -0.357 e. The zero-order valence-electron chi connectivity index (χ0n) is 18.2. The summed E-state index contributed by atoms with van der Waals surface area (Å²) in [5, 5.41) is 11.4. The smallest absolute Gasteiger partial charge is 0.191 e. The van der Waals surface area contributed by atoms with Crippen LogP contribution in [0.3, 0.4) is 0 Å². The van der Waals surface area contributed by atoms with Gasteiger partial charge in [0.25, 0.3) is 0 Å². The summed E-state index contributed by atoms with van der Waals surface area (Å²) in [7, 11) is 2.00. The van der Waals surface area contributed by atoms with Crippen LogP contribution in [0.25, 0.3) is 0 Å². The van der Waals surface area contributed by atoms with Gasteiger partial charge >= 0.3 is 0 Å². The van der Waals surface area contributed by atoms with Gasteiger partial charge in [-0.1, -0.05) is 29.8 Å². The van der Waals surface area contributed by atoms with Crippen molar-refractivity contribution in [3.63, 3.8) is 0 Å². The van der Waals surface area contributed by atoms with E-state index in [2.05, 4.69) is 74.6 Å². The molecule has 5 nitrogen and oxygen atoms in total. The molecule has 0 saturated carbocycles. The highest BCUT2D eigenvalue weighted by molar-refractivity contribution is 7.98. The van der Waals surface area contributed by atoms with Gasteiger partial charge in [-0.05, 0) is 52.2 Å². The average molecular weight is 402 g/mol. The number of benzene rings is 1. The van der Waals surface area contributed by atoms with E-state index in [9.17, 15) is 0 Å². The van der Waals surface area contributed by atoms with Crippen LogP contribution in [0.2, 0.25) is 0 Å². The van der Waals surface area contributed by atoms with Crippen molar-refractivity contribution in [2.24, 2.45) is 12.0 Å². The lowest BCUT2D eigenvalue weighted by atomic mass is 10.1. The molecule has 1 heterocycles. The van der Waals surface area contributed by atoms with Gasteiger partial charge in [0.2, 0.25) is 0 Å². The third-order valence-corrected chi connectivity index (χ3v) is 5.80. The molecule has 0 fully saturated rings. The standard InChI is InChI=1S/C22H35N5S/c1-7-23-22(24-12-13-28-15-20-10-8-16(2)9-11-20)25-17(3)14-21-18(4)26-27(6)19(21)5/h8-11,17H,7,12-15H2,1-6H3,(H2,23,24,25). The van der Waals surface area contributed by atoms with Gasteiger partial charge in [-0.15, -0.1) is 0 Å². The van der Waals surface area contributed by atoms with Crippen molar-refractivity contribution >= 4 is 17.7 Å². The Labute approximate surface area is 174 Å². The molecule has 2 N–H and O–H groups in total. The highest BCUT2D eigenvalue weighted by atomic mass is 32.2. The lowest BCUT2D eigenvalue weighted by Gasteiger charge is -2.18. The fraction of sp³-hybridized carbons (Fsp3) is 0.545. The van der Waals surface area contributed by atoms with Crippen molar-refractivity contribution in [1.29, 1.82) is 0 Å². The molecule has 0 saturated heterocycles. The van der Waals surface area contributed by atoms with Gasteiger partial charge in [0, 0.05) is 36.8 Å². The van der Waals surface area contributed by atoms with E-state index in [1.165, 1.54) is 22.4 Å². The Morgan fingerprint density at radius 3 is 2.54 bits per heavy atom. The summed E-state index contributed by atoms with van der Waals surface area (Å²) in [6.45, 7) is 12.3. The normalized spacial score (nSPS) is 12.9. The van der Waals surface area contributed by atoms with Gasteiger partial charge in [-0.2, -0.15) is 16.9 Å².